The van der Waals surface area contributed by atoms with Gasteiger partial charge in [0, 0.05) is 11.6 Å². The van der Waals surface area contributed by atoms with Gasteiger partial charge in [0.2, 0.25) is 0 Å². The van der Waals surface area contributed by atoms with E-state index in [1.54, 1.807) is 6.20 Å². The molecule has 5 heteroatoms. The van der Waals surface area contributed by atoms with Gasteiger partial charge in [0.1, 0.15) is 24.5 Å². The van der Waals surface area contributed by atoms with Crippen LogP contribution in [0.1, 0.15) is 0 Å². The maximum atomic E-state index is 10.2. The summed E-state index contributed by atoms with van der Waals surface area (Å²) in [4.78, 5) is 14.5. The Morgan fingerprint density at radius 2 is 2.06 bits per heavy atom. The first-order chi connectivity index (χ1) is 8.77. The van der Waals surface area contributed by atoms with E-state index in [1.165, 1.54) is 0 Å². The van der Waals surface area contributed by atoms with Crippen LogP contribution in [0.4, 0.5) is 0 Å². The van der Waals surface area contributed by atoms with Crippen LogP contribution in [0.5, 0.6) is 5.75 Å². The maximum Gasteiger partial charge on any atom is 0.329 e. The van der Waals surface area contributed by atoms with Gasteiger partial charge in [-0.3, -0.25) is 4.98 Å². The molecule has 0 saturated heterocycles. The average Bonchev–Trinajstić information content (AvgIpc) is 2.38. The summed E-state index contributed by atoms with van der Waals surface area (Å²) in [5.74, 6) is -0.311. The Bertz CT molecular complexity index is 536. The van der Waals surface area contributed by atoms with Crippen LogP contribution >= 0.6 is 0 Å². The highest BCUT2D eigenvalue weighted by molar-refractivity contribution is 5.84. The Labute approximate surface area is 104 Å². The molecular formula is C13H13NO4. The van der Waals surface area contributed by atoms with Crippen molar-refractivity contribution >= 4 is 16.9 Å². The molecule has 0 radical (unpaired) electrons. The van der Waals surface area contributed by atoms with E-state index in [2.05, 4.69) is 4.98 Å². The minimum atomic E-state index is -0.984. The molecule has 0 fully saturated rings. The van der Waals surface area contributed by atoms with E-state index in [9.17, 15) is 4.79 Å². The number of nitrogens with zero attached hydrogens (tertiary/aromatic N) is 1. The predicted octanol–water partition coefficient (Wildman–Crippen LogP) is 1.71. The number of aliphatic carboxylic acids is 1. The Hall–Kier alpha value is -2.14. The molecule has 0 amide bonds. The van der Waals surface area contributed by atoms with Crippen molar-refractivity contribution in [2.75, 3.05) is 19.8 Å². The van der Waals surface area contributed by atoms with Gasteiger partial charge in [0.05, 0.1) is 6.61 Å². The van der Waals surface area contributed by atoms with Crippen LogP contribution < -0.4 is 4.74 Å². The number of hydrogen-bond acceptors (Lipinski definition) is 4. The maximum absolute atomic E-state index is 10.2. The van der Waals surface area contributed by atoms with Crippen molar-refractivity contribution in [3.63, 3.8) is 0 Å². The third-order valence-electron chi connectivity index (χ3n) is 2.31. The van der Waals surface area contributed by atoms with Gasteiger partial charge in [-0.15, -0.1) is 0 Å². The fourth-order valence-corrected chi connectivity index (χ4v) is 1.56. The minimum Gasteiger partial charge on any atom is -0.489 e. The van der Waals surface area contributed by atoms with Crippen molar-refractivity contribution in [3.05, 3.63) is 36.5 Å². The molecule has 1 aromatic carbocycles. The molecule has 94 valence electrons. The smallest absolute Gasteiger partial charge is 0.329 e. The molecule has 0 aliphatic heterocycles. The highest BCUT2D eigenvalue weighted by Crippen LogP contribution is 2.22. The third-order valence-corrected chi connectivity index (χ3v) is 2.31. The van der Waals surface area contributed by atoms with Crippen molar-refractivity contribution in [1.82, 2.24) is 4.98 Å². The largest absolute Gasteiger partial charge is 0.489 e. The van der Waals surface area contributed by atoms with Gasteiger partial charge < -0.3 is 14.6 Å². The molecule has 1 aromatic heterocycles. The number of benzene rings is 1. The molecular weight excluding hydrogens is 234 g/mol. The summed E-state index contributed by atoms with van der Waals surface area (Å²) in [5.41, 5.74) is 0.790. The van der Waals surface area contributed by atoms with E-state index in [0.29, 0.717) is 12.4 Å². The Morgan fingerprint density at radius 1 is 1.22 bits per heavy atom. The number of ether oxygens (including phenoxy) is 2. The van der Waals surface area contributed by atoms with Crippen LogP contribution in [-0.2, 0) is 9.53 Å². The van der Waals surface area contributed by atoms with Crippen molar-refractivity contribution < 1.29 is 19.4 Å². The van der Waals surface area contributed by atoms with Gasteiger partial charge >= 0.3 is 5.97 Å². The molecule has 18 heavy (non-hydrogen) atoms. The Balaban J connectivity index is 1.93. The highest BCUT2D eigenvalue weighted by atomic mass is 16.5. The van der Waals surface area contributed by atoms with Gasteiger partial charge in [-0.25, -0.2) is 4.79 Å². The number of pyridine rings is 1. The molecule has 0 spiro atoms. The summed E-state index contributed by atoms with van der Waals surface area (Å²) < 4.78 is 10.4. The Morgan fingerprint density at radius 3 is 2.89 bits per heavy atom. The van der Waals surface area contributed by atoms with Crippen LogP contribution in [0.15, 0.2) is 36.5 Å². The van der Waals surface area contributed by atoms with Crippen LogP contribution in [0.3, 0.4) is 0 Å². The molecule has 0 aliphatic carbocycles. The van der Waals surface area contributed by atoms with E-state index < -0.39 is 5.97 Å². The first-order valence-electron chi connectivity index (χ1n) is 5.53. The number of carboxylic acids is 1. The minimum absolute atomic E-state index is 0.232. The Kier molecular flexibility index (Phi) is 4.09. The summed E-state index contributed by atoms with van der Waals surface area (Å²) in [5, 5.41) is 9.40. The molecule has 5 nitrogen and oxygen atoms in total. The zero-order chi connectivity index (χ0) is 12.8. The number of para-hydroxylation sites is 1. The van der Waals surface area contributed by atoms with E-state index in [1.807, 2.05) is 30.3 Å². The van der Waals surface area contributed by atoms with E-state index in [-0.39, 0.29) is 13.2 Å². The number of carbonyl (C=O) groups is 1. The number of hydrogen-bond donors (Lipinski definition) is 1. The lowest BCUT2D eigenvalue weighted by atomic mass is 10.2. The van der Waals surface area contributed by atoms with Crippen LogP contribution in [-0.4, -0.2) is 35.9 Å². The second-order valence-electron chi connectivity index (χ2n) is 3.63. The van der Waals surface area contributed by atoms with E-state index in [0.717, 1.165) is 10.9 Å². The fourth-order valence-electron chi connectivity index (χ4n) is 1.56. The quantitative estimate of drug-likeness (QED) is 0.787. The average molecular weight is 247 g/mol. The van der Waals surface area contributed by atoms with Crippen molar-refractivity contribution in [3.8, 4) is 5.75 Å². The van der Waals surface area contributed by atoms with Crippen molar-refractivity contribution in [2.45, 2.75) is 0 Å². The number of carboxylic acid groups (broad SMARTS) is 1. The fraction of sp³-hybridized carbons (Fsp3) is 0.231. The van der Waals surface area contributed by atoms with Gasteiger partial charge in [0.25, 0.3) is 0 Å². The first-order valence-corrected chi connectivity index (χ1v) is 5.53. The SMILES string of the molecule is O=C(O)COCCOc1cccc2cccnc12. The summed E-state index contributed by atoms with van der Waals surface area (Å²) in [6.45, 7) is 0.218. The van der Waals surface area contributed by atoms with Crippen LogP contribution in [0.25, 0.3) is 10.9 Å². The standard InChI is InChI=1S/C13H13NO4/c15-12(16)9-17-7-8-18-11-5-1-3-10-4-2-6-14-13(10)11/h1-6H,7-9H2,(H,15,16). The molecule has 2 aromatic rings. The second-order valence-corrected chi connectivity index (χ2v) is 3.63. The molecule has 0 unspecified atom stereocenters. The number of rotatable bonds is 6. The number of aromatic nitrogens is 1. The lowest BCUT2D eigenvalue weighted by Gasteiger charge is -2.08. The predicted molar refractivity (Wildman–Crippen MR) is 65.7 cm³/mol. The van der Waals surface area contributed by atoms with Crippen LogP contribution in [0, 0.1) is 0 Å². The molecule has 1 heterocycles. The summed E-state index contributed by atoms with van der Waals surface area (Å²) in [6.07, 6.45) is 1.70. The van der Waals surface area contributed by atoms with Gasteiger partial charge in [-0.05, 0) is 12.1 Å². The molecule has 0 aliphatic rings. The molecule has 0 saturated carbocycles. The molecule has 2 rings (SSSR count). The summed E-state index contributed by atoms with van der Waals surface area (Å²) in [6, 6.07) is 9.48. The third kappa shape index (κ3) is 3.18. The van der Waals surface area contributed by atoms with Gasteiger partial charge in [0.15, 0.2) is 0 Å². The molecule has 0 atom stereocenters. The lowest BCUT2D eigenvalue weighted by Crippen LogP contribution is -2.12. The first kappa shape index (κ1) is 12.3. The van der Waals surface area contributed by atoms with Gasteiger partial charge in [-0.2, -0.15) is 0 Å². The monoisotopic (exact) mass is 247 g/mol. The summed E-state index contributed by atoms with van der Waals surface area (Å²) in [7, 11) is 0. The van der Waals surface area contributed by atoms with E-state index in [4.69, 9.17) is 14.6 Å². The van der Waals surface area contributed by atoms with Gasteiger partial charge in [-0.1, -0.05) is 18.2 Å². The lowest BCUT2D eigenvalue weighted by molar-refractivity contribution is -0.142. The number of fused-ring (bicyclic) bond motifs is 1. The zero-order valence-electron chi connectivity index (χ0n) is 9.70. The van der Waals surface area contributed by atoms with Crippen molar-refractivity contribution in [2.24, 2.45) is 0 Å². The molecule has 0 bridgehead atoms. The topological polar surface area (TPSA) is 68.7 Å². The zero-order valence-corrected chi connectivity index (χ0v) is 9.70. The highest BCUT2D eigenvalue weighted by Gasteiger charge is 2.02. The molecule has 1 N–H and O–H groups in total. The van der Waals surface area contributed by atoms with Crippen molar-refractivity contribution in [1.29, 1.82) is 0 Å². The van der Waals surface area contributed by atoms with E-state index >= 15 is 0 Å². The normalized spacial score (nSPS) is 10.4. The summed E-state index contributed by atoms with van der Waals surface area (Å²) >= 11 is 0. The van der Waals surface area contributed by atoms with Crippen LogP contribution in [0.2, 0.25) is 0 Å². The second kappa shape index (κ2) is 5.97.